The average molecular weight is 498 g/mol. The number of hydrogen-bond donors (Lipinski definition) is 1. The van der Waals surface area contributed by atoms with Crippen molar-refractivity contribution >= 4 is 11.3 Å². The third kappa shape index (κ3) is 4.62. The summed E-state index contributed by atoms with van der Waals surface area (Å²) < 4.78 is 0. The minimum absolute atomic E-state index is 0. The third-order valence-electron chi connectivity index (χ3n) is 4.82. The van der Waals surface area contributed by atoms with Crippen LogP contribution in [-0.4, -0.2) is 5.11 Å². The van der Waals surface area contributed by atoms with E-state index in [1.165, 1.54) is 33.4 Å². The topological polar surface area (TPSA) is 20.2 Å². The molecule has 4 rings (SSSR count). The van der Waals surface area contributed by atoms with E-state index in [1.54, 1.807) is 0 Å². The molecule has 139 valence electrons. The molecule has 2 aromatic rings. The van der Waals surface area contributed by atoms with Crippen molar-refractivity contribution in [2.24, 2.45) is 0 Å². The van der Waals surface area contributed by atoms with E-state index in [0.29, 0.717) is 5.76 Å². The monoisotopic (exact) mass is 495 g/mol. The Bertz CT molecular complexity index is 910. The van der Waals surface area contributed by atoms with Crippen molar-refractivity contribution in [2.75, 3.05) is 0 Å². The van der Waals surface area contributed by atoms with E-state index < -0.39 is 0 Å². The van der Waals surface area contributed by atoms with Crippen molar-refractivity contribution in [2.45, 2.75) is 26.7 Å². The van der Waals surface area contributed by atoms with Gasteiger partial charge in [-0.1, -0.05) is 54.6 Å². The molecule has 0 heterocycles. The van der Waals surface area contributed by atoms with E-state index in [4.69, 9.17) is 0 Å². The van der Waals surface area contributed by atoms with Gasteiger partial charge in [0.1, 0.15) is 5.76 Å². The van der Waals surface area contributed by atoms with Gasteiger partial charge in [-0.05, 0) is 65.7 Å². The Morgan fingerprint density at radius 2 is 1.56 bits per heavy atom. The normalized spacial score (nSPS) is 12.3. The van der Waals surface area contributed by atoms with E-state index in [-0.39, 0.29) is 63.4 Å². The summed E-state index contributed by atoms with van der Waals surface area (Å²) in [5.41, 5.74) is 9.60. The summed E-state index contributed by atoms with van der Waals surface area (Å²) in [6.07, 6.45) is 8.26. The predicted molar refractivity (Wildman–Crippen MR) is 97.3 cm³/mol. The van der Waals surface area contributed by atoms with Gasteiger partial charge in [0.15, 0.2) is 0 Å². The molecule has 0 amide bonds. The predicted octanol–water partition coefficient (Wildman–Crippen LogP) is -3.08. The van der Waals surface area contributed by atoms with Crippen LogP contribution < -0.4 is 37.2 Å². The van der Waals surface area contributed by atoms with Crippen LogP contribution in [0.15, 0.2) is 60.2 Å². The van der Waals surface area contributed by atoms with Crippen LogP contribution >= 0.6 is 0 Å². The molecular weight excluding hydrogens is 478 g/mol. The summed E-state index contributed by atoms with van der Waals surface area (Å²) in [6.45, 7) is 3.95. The van der Waals surface area contributed by atoms with Gasteiger partial charge in [0, 0.05) is 5.56 Å². The van der Waals surface area contributed by atoms with Crippen molar-refractivity contribution in [3.05, 3.63) is 82.5 Å². The first kappa shape index (κ1) is 26.2. The molecule has 0 aromatic heterocycles. The quantitative estimate of drug-likeness (QED) is 0.373. The SMILES string of the molecule is CC(C)=C(O)c1c(C2=CC=CC2)ccc2c1Cc1ccccc1-2.[Cl-].[Cl-].[Cl-].[Zr+3]. The van der Waals surface area contributed by atoms with Crippen LogP contribution in [0.2, 0.25) is 0 Å². The van der Waals surface area contributed by atoms with Gasteiger partial charge in [0.05, 0.1) is 0 Å². The Morgan fingerprint density at radius 3 is 2.19 bits per heavy atom. The first-order valence-electron chi connectivity index (χ1n) is 8.14. The van der Waals surface area contributed by atoms with Crippen molar-refractivity contribution < 1.29 is 68.5 Å². The number of fused-ring (bicyclic) bond motifs is 3. The molecule has 1 radical (unpaired) electrons. The molecule has 0 atom stereocenters. The van der Waals surface area contributed by atoms with Gasteiger partial charge in [-0.2, -0.15) is 0 Å². The summed E-state index contributed by atoms with van der Waals surface area (Å²) in [5, 5.41) is 10.8. The van der Waals surface area contributed by atoms with Gasteiger partial charge in [-0.3, -0.25) is 0 Å². The fourth-order valence-corrected chi connectivity index (χ4v) is 3.65. The summed E-state index contributed by atoms with van der Waals surface area (Å²) in [6, 6.07) is 12.9. The Hall–Kier alpha value is -0.787. The molecule has 0 bridgehead atoms. The Labute approximate surface area is 199 Å². The molecule has 1 nitrogen and oxygen atoms in total. The van der Waals surface area contributed by atoms with Crippen molar-refractivity contribution in [1.29, 1.82) is 0 Å². The molecule has 2 aromatic carbocycles. The second-order valence-corrected chi connectivity index (χ2v) is 6.52. The van der Waals surface area contributed by atoms with Crippen LogP contribution in [0.1, 0.15) is 42.5 Å². The van der Waals surface area contributed by atoms with Crippen LogP contribution in [0.5, 0.6) is 0 Å². The third-order valence-corrected chi connectivity index (χ3v) is 4.82. The Morgan fingerprint density at radius 1 is 0.889 bits per heavy atom. The number of allylic oxidation sites excluding steroid dienone is 5. The van der Waals surface area contributed by atoms with E-state index >= 15 is 0 Å². The van der Waals surface area contributed by atoms with Crippen molar-refractivity contribution in [3.63, 3.8) is 0 Å². The van der Waals surface area contributed by atoms with Gasteiger partial charge in [0.2, 0.25) is 0 Å². The van der Waals surface area contributed by atoms with E-state index in [9.17, 15) is 5.11 Å². The fraction of sp³-hybridized carbons (Fsp3) is 0.182. The number of aliphatic hydroxyl groups is 1. The zero-order valence-electron chi connectivity index (χ0n) is 15.2. The second-order valence-electron chi connectivity index (χ2n) is 6.52. The van der Waals surface area contributed by atoms with E-state index in [1.807, 2.05) is 13.8 Å². The Kier molecular flexibility index (Phi) is 10.4. The summed E-state index contributed by atoms with van der Waals surface area (Å²) in [4.78, 5) is 0. The molecule has 2 aliphatic rings. The standard InChI is InChI=1S/C22H20O.3ClH.Zr/c1-14(2)22(23)21-18(15-7-3-4-8-15)11-12-19-17-10-6-5-9-16(17)13-20(19)21;;;;/h3-7,9-12,23H,8,13H2,1-2H3;3*1H;/q;;;;+3/p-3. The van der Waals surface area contributed by atoms with Crippen LogP contribution in [-0.2, 0) is 32.6 Å². The Balaban J connectivity index is 0.00000169. The minimum Gasteiger partial charge on any atom is -1.00 e. The maximum atomic E-state index is 10.8. The number of rotatable bonds is 2. The van der Waals surface area contributed by atoms with Gasteiger partial charge in [0.25, 0.3) is 0 Å². The maximum Gasteiger partial charge on any atom is 3.00 e. The molecular formula is C22H20Cl3OZr. The molecule has 1 N–H and O–H groups in total. The molecule has 0 fully saturated rings. The molecule has 27 heavy (non-hydrogen) atoms. The zero-order chi connectivity index (χ0) is 16.0. The maximum absolute atomic E-state index is 10.8. The first-order valence-corrected chi connectivity index (χ1v) is 8.14. The number of halogens is 3. The van der Waals surface area contributed by atoms with E-state index in [2.05, 4.69) is 54.6 Å². The van der Waals surface area contributed by atoms with Crippen molar-refractivity contribution in [1.82, 2.24) is 0 Å². The average Bonchev–Trinajstić information content (AvgIpc) is 3.20. The minimum atomic E-state index is 0. The molecule has 0 spiro atoms. The van der Waals surface area contributed by atoms with Crippen LogP contribution in [0.3, 0.4) is 0 Å². The van der Waals surface area contributed by atoms with Gasteiger partial charge < -0.3 is 42.3 Å². The number of benzene rings is 2. The first-order chi connectivity index (χ1) is 11.2. The zero-order valence-corrected chi connectivity index (χ0v) is 19.9. The molecule has 0 unspecified atom stereocenters. The van der Waals surface area contributed by atoms with Gasteiger partial charge >= 0.3 is 26.2 Å². The molecule has 0 aliphatic heterocycles. The molecule has 0 saturated carbocycles. The molecule has 5 heteroatoms. The van der Waals surface area contributed by atoms with Crippen LogP contribution in [0.4, 0.5) is 0 Å². The van der Waals surface area contributed by atoms with Crippen LogP contribution in [0, 0.1) is 0 Å². The smallest absolute Gasteiger partial charge is 1.00 e. The summed E-state index contributed by atoms with van der Waals surface area (Å²) in [5.74, 6) is 0.428. The summed E-state index contributed by atoms with van der Waals surface area (Å²) >= 11 is 0. The largest absolute Gasteiger partial charge is 3.00 e. The molecule has 2 aliphatic carbocycles. The van der Waals surface area contributed by atoms with Gasteiger partial charge in [-0.25, -0.2) is 0 Å². The fourth-order valence-electron chi connectivity index (χ4n) is 3.65. The molecule has 0 saturated heterocycles. The van der Waals surface area contributed by atoms with Crippen molar-refractivity contribution in [3.8, 4) is 11.1 Å². The van der Waals surface area contributed by atoms with Gasteiger partial charge in [-0.15, -0.1) is 0 Å². The van der Waals surface area contributed by atoms with E-state index in [0.717, 1.165) is 24.0 Å². The van der Waals surface area contributed by atoms with Crippen LogP contribution in [0.25, 0.3) is 22.5 Å². The number of aliphatic hydroxyl groups excluding tert-OH is 1. The second kappa shape index (κ2) is 10.7. The number of hydrogen-bond acceptors (Lipinski definition) is 1. The summed E-state index contributed by atoms with van der Waals surface area (Å²) in [7, 11) is 0.